The van der Waals surface area contributed by atoms with Gasteiger partial charge in [0.15, 0.2) is 5.11 Å². The summed E-state index contributed by atoms with van der Waals surface area (Å²) in [6.07, 6.45) is 1.59. The highest BCUT2D eigenvalue weighted by Gasteiger charge is 2.21. The molecule has 5 heteroatoms. The summed E-state index contributed by atoms with van der Waals surface area (Å²) in [5.41, 5.74) is -0.448. The zero-order chi connectivity index (χ0) is 12.2. The van der Waals surface area contributed by atoms with E-state index >= 15 is 0 Å². The van der Waals surface area contributed by atoms with E-state index in [1.54, 1.807) is 12.3 Å². The van der Waals surface area contributed by atoms with E-state index in [0.717, 1.165) is 5.76 Å². The van der Waals surface area contributed by atoms with E-state index in [4.69, 9.17) is 16.6 Å². The Bertz CT molecular complexity index is 366. The molecule has 0 bridgehead atoms. The maximum absolute atomic E-state index is 11.6. The average Bonchev–Trinajstić information content (AvgIpc) is 2.65. The Labute approximate surface area is 100 Å². The Hall–Kier alpha value is -1.36. The van der Waals surface area contributed by atoms with Crippen LogP contribution in [0.2, 0.25) is 0 Å². The van der Waals surface area contributed by atoms with Gasteiger partial charge in [-0.05, 0) is 24.4 Å². The first-order valence-corrected chi connectivity index (χ1v) is 5.42. The number of carbonyl (C=O) groups is 1. The summed E-state index contributed by atoms with van der Waals surface area (Å²) in [7, 11) is 0. The molecule has 0 saturated carbocycles. The Morgan fingerprint density at radius 1 is 1.50 bits per heavy atom. The summed E-state index contributed by atoms with van der Waals surface area (Å²) in [6, 6.07) is 3.63. The Morgan fingerprint density at radius 3 is 2.69 bits per heavy atom. The van der Waals surface area contributed by atoms with Crippen LogP contribution in [0.4, 0.5) is 0 Å². The SMILES string of the molecule is CC(C)(C)C(=O)NC(=S)NCc1ccco1. The molecule has 0 spiro atoms. The lowest BCUT2D eigenvalue weighted by Gasteiger charge is -2.18. The maximum Gasteiger partial charge on any atom is 0.231 e. The maximum atomic E-state index is 11.6. The van der Waals surface area contributed by atoms with E-state index in [9.17, 15) is 4.79 Å². The van der Waals surface area contributed by atoms with E-state index in [-0.39, 0.29) is 5.91 Å². The Morgan fingerprint density at radius 2 is 2.19 bits per heavy atom. The predicted octanol–water partition coefficient (Wildman–Crippen LogP) is 1.82. The Kier molecular flexibility index (Phi) is 4.06. The van der Waals surface area contributed by atoms with Crippen LogP contribution < -0.4 is 10.6 Å². The third kappa shape index (κ3) is 4.02. The summed E-state index contributed by atoms with van der Waals surface area (Å²) in [5.74, 6) is 0.664. The van der Waals surface area contributed by atoms with Crippen molar-refractivity contribution in [3.63, 3.8) is 0 Å². The molecule has 0 saturated heterocycles. The van der Waals surface area contributed by atoms with Gasteiger partial charge in [0.2, 0.25) is 5.91 Å². The van der Waals surface area contributed by atoms with Crippen molar-refractivity contribution in [3.8, 4) is 0 Å². The molecule has 2 N–H and O–H groups in total. The van der Waals surface area contributed by atoms with Gasteiger partial charge in [-0.3, -0.25) is 4.79 Å². The van der Waals surface area contributed by atoms with Crippen LogP contribution >= 0.6 is 12.2 Å². The first-order chi connectivity index (χ1) is 7.39. The normalized spacial score (nSPS) is 10.9. The number of hydrogen-bond acceptors (Lipinski definition) is 3. The predicted molar refractivity (Wildman–Crippen MR) is 65.7 cm³/mol. The molecular formula is C11H16N2O2S. The van der Waals surface area contributed by atoms with Crippen molar-refractivity contribution >= 4 is 23.2 Å². The van der Waals surface area contributed by atoms with Crippen LogP contribution in [-0.2, 0) is 11.3 Å². The van der Waals surface area contributed by atoms with Gasteiger partial charge in [0.1, 0.15) is 5.76 Å². The summed E-state index contributed by atoms with van der Waals surface area (Å²) < 4.78 is 5.12. The molecular weight excluding hydrogens is 224 g/mol. The fourth-order valence-corrected chi connectivity index (χ4v) is 1.08. The van der Waals surface area contributed by atoms with Gasteiger partial charge >= 0.3 is 0 Å². The second-order valence-corrected chi connectivity index (χ2v) is 4.87. The molecule has 0 aliphatic rings. The number of hydrogen-bond donors (Lipinski definition) is 2. The van der Waals surface area contributed by atoms with Crippen LogP contribution in [0, 0.1) is 5.41 Å². The molecule has 1 aromatic rings. The summed E-state index contributed by atoms with van der Waals surface area (Å²) in [6.45, 7) is 5.96. The number of rotatable bonds is 2. The van der Waals surface area contributed by atoms with Gasteiger partial charge in [0.05, 0.1) is 12.8 Å². The molecule has 1 amide bonds. The van der Waals surface area contributed by atoms with Crippen LogP contribution in [0.1, 0.15) is 26.5 Å². The molecule has 0 radical (unpaired) electrons. The first-order valence-electron chi connectivity index (χ1n) is 5.01. The van der Waals surface area contributed by atoms with E-state index < -0.39 is 5.41 Å². The summed E-state index contributed by atoms with van der Waals surface area (Å²) >= 11 is 4.99. The van der Waals surface area contributed by atoms with Crippen molar-refractivity contribution in [2.24, 2.45) is 5.41 Å². The van der Waals surface area contributed by atoms with Crippen molar-refractivity contribution in [2.75, 3.05) is 0 Å². The van der Waals surface area contributed by atoms with Crippen LogP contribution in [0.15, 0.2) is 22.8 Å². The minimum atomic E-state index is -0.448. The average molecular weight is 240 g/mol. The largest absolute Gasteiger partial charge is 0.467 e. The lowest BCUT2D eigenvalue weighted by molar-refractivity contribution is -0.126. The molecule has 0 unspecified atom stereocenters. The van der Waals surface area contributed by atoms with Crippen molar-refractivity contribution < 1.29 is 9.21 Å². The van der Waals surface area contributed by atoms with Crippen molar-refractivity contribution in [3.05, 3.63) is 24.2 Å². The molecule has 16 heavy (non-hydrogen) atoms. The number of carbonyl (C=O) groups excluding carboxylic acids is 1. The lowest BCUT2D eigenvalue weighted by Crippen LogP contribution is -2.44. The number of amides is 1. The topological polar surface area (TPSA) is 54.3 Å². The number of thiocarbonyl (C=S) groups is 1. The highest BCUT2D eigenvalue weighted by molar-refractivity contribution is 7.80. The fraction of sp³-hybridized carbons (Fsp3) is 0.455. The minimum Gasteiger partial charge on any atom is -0.467 e. The van der Waals surface area contributed by atoms with Crippen LogP contribution in [0.25, 0.3) is 0 Å². The van der Waals surface area contributed by atoms with Crippen LogP contribution in [0.3, 0.4) is 0 Å². The first kappa shape index (κ1) is 12.7. The molecule has 0 atom stereocenters. The van der Waals surface area contributed by atoms with Crippen LogP contribution in [-0.4, -0.2) is 11.0 Å². The number of furan rings is 1. The molecule has 0 aliphatic carbocycles. The standard InChI is InChI=1S/C11H16N2O2S/c1-11(2,3)9(14)13-10(16)12-7-8-5-4-6-15-8/h4-6H,7H2,1-3H3,(H2,12,13,14,16). The molecule has 88 valence electrons. The van der Waals surface area contributed by atoms with Crippen molar-refractivity contribution in [1.82, 2.24) is 10.6 Å². The monoisotopic (exact) mass is 240 g/mol. The molecule has 1 rings (SSSR count). The third-order valence-corrected chi connectivity index (χ3v) is 2.16. The molecule has 0 aliphatic heterocycles. The molecule has 1 heterocycles. The summed E-state index contributed by atoms with van der Waals surface area (Å²) in [5, 5.41) is 5.83. The van der Waals surface area contributed by atoms with Crippen molar-refractivity contribution in [1.29, 1.82) is 0 Å². The Balaban J connectivity index is 2.34. The lowest BCUT2D eigenvalue weighted by atomic mass is 9.96. The van der Waals surface area contributed by atoms with Gasteiger partial charge in [-0.25, -0.2) is 0 Å². The van der Waals surface area contributed by atoms with Gasteiger partial charge in [0, 0.05) is 5.41 Å². The third-order valence-electron chi connectivity index (χ3n) is 1.91. The molecule has 1 aromatic heterocycles. The second kappa shape index (κ2) is 5.12. The van der Waals surface area contributed by atoms with E-state index in [0.29, 0.717) is 11.7 Å². The quantitative estimate of drug-likeness (QED) is 0.774. The highest BCUT2D eigenvalue weighted by atomic mass is 32.1. The van der Waals surface area contributed by atoms with Gasteiger partial charge in [-0.1, -0.05) is 20.8 Å². The van der Waals surface area contributed by atoms with Gasteiger partial charge in [-0.15, -0.1) is 0 Å². The highest BCUT2D eigenvalue weighted by Crippen LogP contribution is 2.12. The molecule has 4 nitrogen and oxygen atoms in total. The smallest absolute Gasteiger partial charge is 0.231 e. The van der Waals surface area contributed by atoms with Crippen LogP contribution in [0.5, 0.6) is 0 Å². The van der Waals surface area contributed by atoms with E-state index in [2.05, 4.69) is 10.6 Å². The number of nitrogens with one attached hydrogen (secondary N) is 2. The zero-order valence-electron chi connectivity index (χ0n) is 9.66. The van der Waals surface area contributed by atoms with Crippen molar-refractivity contribution in [2.45, 2.75) is 27.3 Å². The fourth-order valence-electron chi connectivity index (χ4n) is 0.915. The van der Waals surface area contributed by atoms with Gasteiger partial charge in [-0.2, -0.15) is 0 Å². The molecule has 0 aromatic carbocycles. The minimum absolute atomic E-state index is 0.107. The zero-order valence-corrected chi connectivity index (χ0v) is 10.5. The van der Waals surface area contributed by atoms with Gasteiger partial charge in [0.25, 0.3) is 0 Å². The molecule has 0 fully saturated rings. The van der Waals surface area contributed by atoms with E-state index in [1.807, 2.05) is 26.8 Å². The second-order valence-electron chi connectivity index (χ2n) is 4.47. The van der Waals surface area contributed by atoms with Gasteiger partial charge < -0.3 is 15.1 Å². The summed E-state index contributed by atoms with van der Waals surface area (Å²) in [4.78, 5) is 11.6. The van der Waals surface area contributed by atoms with E-state index in [1.165, 1.54) is 0 Å².